The third kappa shape index (κ3) is 2.50. The third-order valence-electron chi connectivity index (χ3n) is 4.20. The maximum absolute atomic E-state index is 12.4. The first-order chi connectivity index (χ1) is 9.65. The molecule has 1 aliphatic heterocycles. The number of carbonyl (C=O) groups is 1. The normalized spacial score (nSPS) is 23.7. The summed E-state index contributed by atoms with van der Waals surface area (Å²) in [6.45, 7) is 9.14. The smallest absolute Gasteiger partial charge is 0.326 e. The molecule has 108 valence electrons. The van der Waals surface area contributed by atoms with Gasteiger partial charge in [0.25, 0.3) is 0 Å². The predicted octanol–water partition coefficient (Wildman–Crippen LogP) is 3.33. The molecule has 1 aliphatic rings. The summed E-state index contributed by atoms with van der Waals surface area (Å²) in [5.41, 5.74) is 0.706. The van der Waals surface area contributed by atoms with E-state index < -0.39 is 5.54 Å². The lowest BCUT2D eigenvalue weighted by molar-refractivity contribution is -0.171. The lowest BCUT2D eigenvalue weighted by Gasteiger charge is -2.53. The van der Waals surface area contributed by atoms with Crippen LogP contribution in [0.25, 0.3) is 0 Å². The average molecular weight is 273 g/mol. The maximum Gasteiger partial charge on any atom is 0.326 e. The highest BCUT2D eigenvalue weighted by Gasteiger charge is 2.53. The van der Waals surface area contributed by atoms with E-state index in [1.165, 1.54) is 5.56 Å². The van der Waals surface area contributed by atoms with E-state index in [9.17, 15) is 4.79 Å². The molecule has 3 nitrogen and oxygen atoms in total. The molecule has 0 unspecified atom stereocenters. The fourth-order valence-corrected chi connectivity index (χ4v) is 3.01. The van der Waals surface area contributed by atoms with Crippen molar-refractivity contribution >= 4 is 5.97 Å². The van der Waals surface area contributed by atoms with Crippen molar-refractivity contribution in [3.05, 3.63) is 48.6 Å². The second-order valence-corrected chi connectivity index (χ2v) is 5.27. The molecule has 0 aliphatic carbocycles. The molecule has 1 aromatic rings. The van der Waals surface area contributed by atoms with Gasteiger partial charge < -0.3 is 4.74 Å². The van der Waals surface area contributed by atoms with Gasteiger partial charge in [0.05, 0.1) is 6.61 Å². The maximum atomic E-state index is 12.4. The zero-order valence-corrected chi connectivity index (χ0v) is 12.3. The SMILES string of the molecule is C=CC[C@]1(C(=O)OCC)CCN1[C@@H](C)c1ccccc1. The minimum atomic E-state index is -0.521. The lowest BCUT2D eigenvalue weighted by Crippen LogP contribution is -2.65. The molecule has 0 amide bonds. The van der Waals surface area contributed by atoms with E-state index in [1.54, 1.807) is 0 Å². The largest absolute Gasteiger partial charge is 0.465 e. The summed E-state index contributed by atoms with van der Waals surface area (Å²) in [7, 11) is 0. The Bertz CT molecular complexity index is 471. The monoisotopic (exact) mass is 273 g/mol. The zero-order chi connectivity index (χ0) is 14.6. The van der Waals surface area contributed by atoms with Crippen molar-refractivity contribution in [3.63, 3.8) is 0 Å². The first-order valence-electron chi connectivity index (χ1n) is 7.25. The fraction of sp³-hybridized carbons (Fsp3) is 0.471. The second kappa shape index (κ2) is 6.23. The molecular weight excluding hydrogens is 250 g/mol. The minimum Gasteiger partial charge on any atom is -0.465 e. The number of hydrogen-bond acceptors (Lipinski definition) is 3. The van der Waals surface area contributed by atoms with Crippen LogP contribution in [0, 0.1) is 0 Å². The Balaban J connectivity index is 2.22. The molecule has 0 N–H and O–H groups in total. The fourth-order valence-electron chi connectivity index (χ4n) is 3.01. The summed E-state index contributed by atoms with van der Waals surface area (Å²) < 4.78 is 5.29. The van der Waals surface area contributed by atoms with Crippen molar-refractivity contribution < 1.29 is 9.53 Å². The van der Waals surface area contributed by atoms with Crippen molar-refractivity contribution in [3.8, 4) is 0 Å². The van der Waals surface area contributed by atoms with Gasteiger partial charge in [0, 0.05) is 12.6 Å². The summed E-state index contributed by atoms with van der Waals surface area (Å²) in [6.07, 6.45) is 3.30. The van der Waals surface area contributed by atoms with Crippen LogP contribution in [0.15, 0.2) is 43.0 Å². The lowest BCUT2D eigenvalue weighted by atomic mass is 9.79. The van der Waals surface area contributed by atoms with E-state index in [0.717, 1.165) is 13.0 Å². The minimum absolute atomic E-state index is 0.117. The molecule has 3 heteroatoms. The van der Waals surface area contributed by atoms with Gasteiger partial charge in [0.1, 0.15) is 5.54 Å². The van der Waals surface area contributed by atoms with Crippen molar-refractivity contribution in [2.75, 3.05) is 13.2 Å². The van der Waals surface area contributed by atoms with E-state index in [2.05, 4.69) is 30.5 Å². The quantitative estimate of drug-likeness (QED) is 0.588. The Kier molecular flexibility index (Phi) is 4.61. The highest BCUT2D eigenvalue weighted by atomic mass is 16.5. The van der Waals surface area contributed by atoms with Crippen LogP contribution in [0.1, 0.15) is 38.3 Å². The van der Waals surface area contributed by atoms with Crippen molar-refractivity contribution in [1.29, 1.82) is 0 Å². The summed E-state index contributed by atoms with van der Waals surface area (Å²) in [5.74, 6) is -0.117. The molecule has 20 heavy (non-hydrogen) atoms. The number of carbonyl (C=O) groups excluding carboxylic acids is 1. The number of esters is 1. The van der Waals surface area contributed by atoms with E-state index in [-0.39, 0.29) is 12.0 Å². The second-order valence-electron chi connectivity index (χ2n) is 5.27. The molecule has 1 fully saturated rings. The van der Waals surface area contributed by atoms with Gasteiger partial charge in [0.2, 0.25) is 0 Å². The molecule has 0 bridgehead atoms. The van der Waals surface area contributed by atoms with Crippen molar-refractivity contribution in [1.82, 2.24) is 4.90 Å². The van der Waals surface area contributed by atoms with Gasteiger partial charge in [-0.2, -0.15) is 0 Å². The molecular formula is C17H23NO2. The number of ether oxygens (including phenoxy) is 1. The van der Waals surface area contributed by atoms with Crippen molar-refractivity contribution in [2.24, 2.45) is 0 Å². The van der Waals surface area contributed by atoms with E-state index in [0.29, 0.717) is 13.0 Å². The molecule has 2 atom stereocenters. The van der Waals surface area contributed by atoms with Crippen LogP contribution in [0.3, 0.4) is 0 Å². The summed E-state index contributed by atoms with van der Waals surface area (Å²) in [4.78, 5) is 14.6. The molecule has 1 saturated heterocycles. The average Bonchev–Trinajstić information content (AvgIpc) is 2.44. The standard InChI is InChI=1S/C17H23NO2/c1-4-11-17(16(19)20-5-2)12-13-18(17)14(3)15-9-7-6-8-10-15/h4,6-10,14H,1,5,11-13H2,2-3H3/t14-,17+/m0/s1. The number of nitrogens with zero attached hydrogens (tertiary/aromatic N) is 1. The van der Waals surface area contributed by atoms with Gasteiger partial charge in [-0.05, 0) is 32.3 Å². The Morgan fingerprint density at radius 3 is 2.70 bits per heavy atom. The summed E-state index contributed by atoms with van der Waals surface area (Å²) >= 11 is 0. The third-order valence-corrected chi connectivity index (χ3v) is 4.20. The molecule has 0 aromatic heterocycles. The van der Waals surface area contributed by atoms with E-state index in [1.807, 2.05) is 31.2 Å². The van der Waals surface area contributed by atoms with Crippen LogP contribution in [0.4, 0.5) is 0 Å². The van der Waals surface area contributed by atoms with E-state index in [4.69, 9.17) is 4.74 Å². The van der Waals surface area contributed by atoms with Gasteiger partial charge in [-0.3, -0.25) is 9.69 Å². The first-order valence-corrected chi connectivity index (χ1v) is 7.25. The Morgan fingerprint density at radius 2 is 2.20 bits per heavy atom. The van der Waals surface area contributed by atoms with Crippen LogP contribution < -0.4 is 0 Å². The number of hydrogen-bond donors (Lipinski definition) is 0. The van der Waals surface area contributed by atoms with Gasteiger partial charge in [0.15, 0.2) is 0 Å². The van der Waals surface area contributed by atoms with Crippen LogP contribution in [0.5, 0.6) is 0 Å². The van der Waals surface area contributed by atoms with Crippen LogP contribution in [0.2, 0.25) is 0 Å². The van der Waals surface area contributed by atoms with Crippen LogP contribution >= 0.6 is 0 Å². The number of likely N-dealkylation sites (tertiary alicyclic amines) is 1. The number of benzene rings is 1. The molecule has 0 spiro atoms. The highest BCUT2D eigenvalue weighted by molar-refractivity contribution is 5.82. The van der Waals surface area contributed by atoms with Crippen molar-refractivity contribution in [2.45, 2.75) is 38.3 Å². The van der Waals surface area contributed by atoms with Crippen LogP contribution in [-0.4, -0.2) is 29.6 Å². The topological polar surface area (TPSA) is 29.5 Å². The molecule has 0 saturated carbocycles. The first kappa shape index (κ1) is 14.8. The molecule has 2 rings (SSSR count). The molecule has 1 heterocycles. The van der Waals surface area contributed by atoms with Gasteiger partial charge in [-0.15, -0.1) is 6.58 Å². The zero-order valence-electron chi connectivity index (χ0n) is 12.3. The molecule has 0 radical (unpaired) electrons. The van der Waals surface area contributed by atoms with Gasteiger partial charge in [-0.1, -0.05) is 36.4 Å². The number of rotatable bonds is 6. The summed E-state index contributed by atoms with van der Waals surface area (Å²) in [6, 6.07) is 10.5. The Morgan fingerprint density at radius 1 is 1.50 bits per heavy atom. The van der Waals surface area contributed by atoms with Gasteiger partial charge >= 0.3 is 5.97 Å². The predicted molar refractivity (Wildman–Crippen MR) is 80.4 cm³/mol. The summed E-state index contributed by atoms with van der Waals surface area (Å²) in [5, 5.41) is 0. The van der Waals surface area contributed by atoms with E-state index >= 15 is 0 Å². The Hall–Kier alpha value is -1.61. The highest BCUT2D eigenvalue weighted by Crippen LogP contribution is 2.42. The van der Waals surface area contributed by atoms with Gasteiger partial charge in [-0.25, -0.2) is 0 Å². The Labute approximate surface area is 121 Å². The van der Waals surface area contributed by atoms with Crippen LogP contribution in [-0.2, 0) is 9.53 Å². The molecule has 1 aromatic carbocycles.